The van der Waals surface area contributed by atoms with Gasteiger partial charge in [-0.2, -0.15) is 0 Å². The van der Waals surface area contributed by atoms with Crippen LogP contribution in [-0.2, 0) is 6.54 Å². The number of nitrogens with zero attached hydrogens (tertiary/aromatic N) is 4. The van der Waals surface area contributed by atoms with Gasteiger partial charge < -0.3 is 24.6 Å². The van der Waals surface area contributed by atoms with Crippen LogP contribution in [-0.4, -0.2) is 64.7 Å². The second-order valence-electron chi connectivity index (χ2n) is 10.9. The molecule has 0 radical (unpaired) electrons. The summed E-state index contributed by atoms with van der Waals surface area (Å²) in [7, 11) is 0. The molecule has 2 saturated heterocycles. The van der Waals surface area contributed by atoms with E-state index in [2.05, 4.69) is 32.2 Å². The number of ether oxygens (including phenoxy) is 2. The van der Waals surface area contributed by atoms with Gasteiger partial charge in [-0.25, -0.2) is 4.98 Å². The smallest absolute Gasteiger partial charge is 0.254 e. The highest BCUT2D eigenvalue weighted by atomic mass is 16.7. The zero-order chi connectivity index (χ0) is 26.9. The molecule has 0 bridgehead atoms. The number of hydrogen-bond acceptors (Lipinski definition) is 7. The molecule has 1 atom stereocenters. The maximum absolute atomic E-state index is 14.3. The summed E-state index contributed by atoms with van der Waals surface area (Å²) in [5.74, 6) is 2.26. The highest BCUT2D eigenvalue weighted by Gasteiger charge is 2.32. The van der Waals surface area contributed by atoms with Gasteiger partial charge in [0.05, 0.1) is 11.1 Å². The molecule has 1 amide bonds. The van der Waals surface area contributed by atoms with E-state index in [1.54, 1.807) is 6.20 Å². The molecule has 3 aliphatic heterocycles. The Balaban J connectivity index is 1.25. The first-order valence-corrected chi connectivity index (χ1v) is 14.2. The van der Waals surface area contributed by atoms with Crippen molar-refractivity contribution in [3.63, 3.8) is 0 Å². The summed E-state index contributed by atoms with van der Waals surface area (Å²) >= 11 is 0. The fraction of sp³-hybridized carbons (Fsp3) is 0.344. The van der Waals surface area contributed by atoms with E-state index < -0.39 is 0 Å². The first-order chi connectivity index (χ1) is 19.7. The van der Waals surface area contributed by atoms with Crippen LogP contribution in [0.25, 0.3) is 22.0 Å². The molecule has 0 unspecified atom stereocenters. The average Bonchev–Trinajstić information content (AvgIpc) is 3.78. The quantitative estimate of drug-likeness (QED) is 0.342. The van der Waals surface area contributed by atoms with Crippen LogP contribution in [0, 0.1) is 0 Å². The van der Waals surface area contributed by atoms with Gasteiger partial charge in [0, 0.05) is 43.5 Å². The van der Waals surface area contributed by atoms with Crippen LogP contribution in [0.1, 0.15) is 41.6 Å². The lowest BCUT2D eigenvalue weighted by Gasteiger charge is -2.29. The van der Waals surface area contributed by atoms with Gasteiger partial charge in [0.25, 0.3) is 5.91 Å². The number of hydrogen-bond donors (Lipinski definition) is 1. The molecule has 0 saturated carbocycles. The predicted octanol–water partition coefficient (Wildman–Crippen LogP) is 5.34. The molecule has 40 heavy (non-hydrogen) atoms. The summed E-state index contributed by atoms with van der Waals surface area (Å²) < 4.78 is 11.1. The molecule has 1 N–H and O–H groups in total. The molecule has 7 rings (SSSR count). The van der Waals surface area contributed by atoms with Crippen LogP contribution in [0.5, 0.6) is 11.5 Å². The van der Waals surface area contributed by atoms with E-state index in [1.807, 2.05) is 48.7 Å². The molecule has 8 heteroatoms. The molecule has 3 aliphatic rings. The van der Waals surface area contributed by atoms with Crippen molar-refractivity contribution in [3.05, 3.63) is 78.1 Å². The van der Waals surface area contributed by atoms with E-state index in [0.29, 0.717) is 17.9 Å². The van der Waals surface area contributed by atoms with Crippen molar-refractivity contribution in [2.75, 3.05) is 38.3 Å². The Hall–Kier alpha value is -4.17. The summed E-state index contributed by atoms with van der Waals surface area (Å²) in [6.07, 6.45) is 8.21. The zero-order valence-corrected chi connectivity index (χ0v) is 22.5. The van der Waals surface area contributed by atoms with Gasteiger partial charge in [0.2, 0.25) is 6.79 Å². The monoisotopic (exact) mass is 535 g/mol. The van der Waals surface area contributed by atoms with Crippen molar-refractivity contribution in [2.24, 2.45) is 0 Å². The van der Waals surface area contributed by atoms with Gasteiger partial charge in [-0.3, -0.25) is 9.78 Å². The Labute approximate surface area is 233 Å². The average molecular weight is 536 g/mol. The lowest BCUT2D eigenvalue weighted by molar-refractivity contribution is 0.0710. The molecule has 8 nitrogen and oxygen atoms in total. The van der Waals surface area contributed by atoms with Crippen LogP contribution in [0.2, 0.25) is 0 Å². The Kier molecular flexibility index (Phi) is 6.69. The number of pyridine rings is 2. The number of nitrogens with one attached hydrogen (secondary N) is 1. The number of aromatic nitrogens is 2. The van der Waals surface area contributed by atoms with Crippen LogP contribution in [0.15, 0.2) is 67.0 Å². The predicted molar refractivity (Wildman–Crippen MR) is 155 cm³/mol. The summed E-state index contributed by atoms with van der Waals surface area (Å²) in [6, 6.07) is 18.2. The number of carbonyl (C=O) groups is 1. The Bertz CT molecular complexity index is 1540. The van der Waals surface area contributed by atoms with Crippen LogP contribution < -0.4 is 14.8 Å². The fourth-order valence-corrected chi connectivity index (χ4v) is 6.16. The van der Waals surface area contributed by atoms with E-state index in [-0.39, 0.29) is 18.7 Å². The van der Waals surface area contributed by atoms with Crippen LogP contribution in [0.3, 0.4) is 0 Å². The number of anilines is 1. The van der Waals surface area contributed by atoms with Crippen molar-refractivity contribution >= 4 is 22.6 Å². The molecular formula is C32H33N5O3. The molecule has 2 fully saturated rings. The third kappa shape index (κ3) is 4.95. The number of fused-ring (bicyclic) bond motifs is 2. The van der Waals surface area contributed by atoms with E-state index in [0.717, 1.165) is 78.1 Å². The van der Waals surface area contributed by atoms with Crippen molar-refractivity contribution in [1.29, 1.82) is 0 Å². The van der Waals surface area contributed by atoms with Crippen molar-refractivity contribution in [1.82, 2.24) is 19.8 Å². The molecular weight excluding hydrogens is 502 g/mol. The Morgan fingerprint density at radius 1 is 0.950 bits per heavy atom. The molecule has 0 aliphatic carbocycles. The lowest BCUT2D eigenvalue weighted by Crippen LogP contribution is -2.42. The maximum Gasteiger partial charge on any atom is 0.254 e. The standard InChI is InChI=1S/C32H33N5O3/c38-32(37-14-4-6-25(37)20-36-12-1-2-13-36)27-17-31(34-19-22-5-3-11-33-18-22)35-28-9-7-23(15-26(27)28)24-8-10-29-30(16-24)40-21-39-29/h3,5,7-11,15-18,25H,1-2,4,6,12-14,19-21H2,(H,34,35)/t25-/m0/s1. The molecule has 0 spiro atoms. The molecule has 2 aromatic heterocycles. The zero-order valence-electron chi connectivity index (χ0n) is 22.5. The van der Waals surface area contributed by atoms with Gasteiger partial charge in [-0.1, -0.05) is 18.2 Å². The number of carbonyl (C=O) groups excluding carboxylic acids is 1. The number of likely N-dealkylation sites (tertiary alicyclic amines) is 2. The van der Waals surface area contributed by atoms with Crippen molar-refractivity contribution in [3.8, 4) is 22.6 Å². The van der Waals surface area contributed by atoms with Crippen molar-refractivity contribution < 1.29 is 14.3 Å². The Morgan fingerprint density at radius 3 is 2.67 bits per heavy atom. The van der Waals surface area contributed by atoms with Crippen molar-refractivity contribution in [2.45, 2.75) is 38.3 Å². The summed E-state index contributed by atoms with van der Waals surface area (Å²) in [6.45, 7) is 4.85. The first-order valence-electron chi connectivity index (χ1n) is 14.2. The minimum absolute atomic E-state index is 0.0846. The Morgan fingerprint density at radius 2 is 1.80 bits per heavy atom. The fourth-order valence-electron chi connectivity index (χ4n) is 6.16. The van der Waals surface area contributed by atoms with E-state index in [1.165, 1.54) is 12.8 Å². The van der Waals surface area contributed by atoms with Gasteiger partial charge >= 0.3 is 0 Å². The molecule has 204 valence electrons. The number of rotatable bonds is 7. The summed E-state index contributed by atoms with van der Waals surface area (Å²) in [5, 5.41) is 4.28. The summed E-state index contributed by atoms with van der Waals surface area (Å²) in [4.78, 5) is 28.0. The molecule has 2 aromatic carbocycles. The lowest BCUT2D eigenvalue weighted by atomic mass is 9.99. The highest BCUT2D eigenvalue weighted by molar-refractivity contribution is 6.08. The van der Waals surface area contributed by atoms with Gasteiger partial charge in [0.1, 0.15) is 5.82 Å². The van der Waals surface area contributed by atoms with Gasteiger partial charge in [-0.05, 0) is 91.9 Å². The largest absolute Gasteiger partial charge is 0.454 e. The highest BCUT2D eigenvalue weighted by Crippen LogP contribution is 2.37. The second-order valence-corrected chi connectivity index (χ2v) is 10.9. The topological polar surface area (TPSA) is 79.8 Å². The molecule has 4 aromatic rings. The minimum Gasteiger partial charge on any atom is -0.454 e. The van der Waals surface area contributed by atoms with E-state index >= 15 is 0 Å². The van der Waals surface area contributed by atoms with E-state index in [9.17, 15) is 4.79 Å². The first kappa shape index (κ1) is 24.8. The van der Waals surface area contributed by atoms with Gasteiger partial charge in [-0.15, -0.1) is 0 Å². The molecule has 5 heterocycles. The number of amides is 1. The second kappa shape index (κ2) is 10.8. The third-order valence-corrected chi connectivity index (χ3v) is 8.25. The van der Waals surface area contributed by atoms with Crippen LogP contribution in [0.4, 0.5) is 5.82 Å². The normalized spacial score (nSPS) is 18.5. The maximum atomic E-state index is 14.3. The van der Waals surface area contributed by atoms with Crippen LogP contribution >= 0.6 is 0 Å². The SMILES string of the molecule is O=C(c1cc(NCc2cccnc2)nc2ccc(-c3ccc4c(c3)OCO4)cc12)N1CCC[C@H]1CN1CCCC1. The van der Waals surface area contributed by atoms with Gasteiger partial charge in [0.15, 0.2) is 11.5 Å². The third-order valence-electron chi connectivity index (χ3n) is 8.25. The van der Waals surface area contributed by atoms with E-state index in [4.69, 9.17) is 14.5 Å². The summed E-state index contributed by atoms with van der Waals surface area (Å²) in [5.41, 5.74) is 4.55. The number of benzene rings is 2. The minimum atomic E-state index is 0.0846.